The summed E-state index contributed by atoms with van der Waals surface area (Å²) in [7, 11) is -3.22. The van der Waals surface area contributed by atoms with Crippen molar-refractivity contribution in [3.63, 3.8) is 0 Å². The standard InChI is InChI=1S/C25H26F3N3O4S/c1-13(15-4-3-5-16(20(15)26)23(27)28)29-24-18-12-19(25(32)7-10-36(33,34)11-8-25)22-17(6-9-35-22)21(18)30-14(2)31-24/h3-5,12-13,23,32H,6-11H2,1-2H3,(H,29,30,31)/t13-/m1/s1. The number of aromatic nitrogens is 2. The van der Waals surface area contributed by atoms with Gasteiger partial charge in [0.25, 0.3) is 6.43 Å². The van der Waals surface area contributed by atoms with Gasteiger partial charge in [-0.3, -0.25) is 0 Å². The number of rotatable bonds is 5. The van der Waals surface area contributed by atoms with Crippen molar-refractivity contribution >= 4 is 26.6 Å². The summed E-state index contributed by atoms with van der Waals surface area (Å²) in [4.78, 5) is 9.09. The molecule has 1 atom stereocenters. The first-order valence-electron chi connectivity index (χ1n) is 11.7. The fourth-order valence-corrected chi connectivity index (χ4v) is 6.54. The van der Waals surface area contributed by atoms with Crippen LogP contribution in [0.4, 0.5) is 19.0 Å². The second kappa shape index (κ2) is 8.88. The van der Waals surface area contributed by atoms with Crippen LogP contribution in [0.2, 0.25) is 0 Å². The molecule has 0 aliphatic carbocycles. The van der Waals surface area contributed by atoms with Crippen LogP contribution in [0.3, 0.4) is 0 Å². The molecule has 5 rings (SSSR count). The van der Waals surface area contributed by atoms with Gasteiger partial charge in [0.1, 0.15) is 23.2 Å². The number of nitrogens with zero attached hydrogens (tertiary/aromatic N) is 2. The van der Waals surface area contributed by atoms with E-state index in [9.17, 15) is 26.7 Å². The third kappa shape index (κ3) is 4.28. The maximum Gasteiger partial charge on any atom is 0.266 e. The van der Waals surface area contributed by atoms with E-state index in [0.717, 1.165) is 11.6 Å². The molecule has 3 aromatic rings. The van der Waals surface area contributed by atoms with Gasteiger partial charge in [0.05, 0.1) is 40.8 Å². The van der Waals surface area contributed by atoms with Crippen LogP contribution in [0.1, 0.15) is 60.3 Å². The van der Waals surface area contributed by atoms with Gasteiger partial charge in [0.15, 0.2) is 9.84 Å². The highest BCUT2D eigenvalue weighted by Crippen LogP contribution is 2.46. The quantitative estimate of drug-likeness (QED) is 0.509. The van der Waals surface area contributed by atoms with E-state index in [-0.39, 0.29) is 29.9 Å². The fraction of sp³-hybridized carbons (Fsp3) is 0.440. The molecule has 2 aliphatic heterocycles. The number of aliphatic hydroxyl groups is 1. The Morgan fingerprint density at radius 2 is 1.86 bits per heavy atom. The van der Waals surface area contributed by atoms with E-state index in [1.54, 1.807) is 19.9 Å². The molecule has 0 saturated carbocycles. The van der Waals surface area contributed by atoms with Crippen LogP contribution in [0.5, 0.6) is 5.75 Å². The molecule has 0 radical (unpaired) electrons. The van der Waals surface area contributed by atoms with Crippen LogP contribution in [0.15, 0.2) is 24.3 Å². The predicted molar refractivity (Wildman–Crippen MR) is 129 cm³/mol. The first-order chi connectivity index (χ1) is 17.0. The Bertz CT molecular complexity index is 1450. The summed E-state index contributed by atoms with van der Waals surface area (Å²) in [6.07, 6.45) is -2.32. The van der Waals surface area contributed by atoms with Gasteiger partial charge in [0.2, 0.25) is 0 Å². The summed E-state index contributed by atoms with van der Waals surface area (Å²) < 4.78 is 71.2. The molecule has 1 aromatic heterocycles. The minimum atomic E-state index is -3.22. The lowest BCUT2D eigenvalue weighted by atomic mass is 9.85. The number of fused-ring (bicyclic) bond motifs is 3. The maximum absolute atomic E-state index is 14.8. The number of anilines is 1. The number of benzene rings is 2. The SMILES string of the molecule is Cc1nc(N[C@H](C)c2cccc(C(F)F)c2F)c2cc(C3(O)CCS(=O)(=O)CC3)c3c(c2n1)CCO3. The fourth-order valence-electron chi connectivity index (χ4n) is 5.03. The summed E-state index contributed by atoms with van der Waals surface area (Å²) in [5.41, 5.74) is -0.126. The van der Waals surface area contributed by atoms with Crippen molar-refractivity contribution in [3.8, 4) is 5.75 Å². The van der Waals surface area contributed by atoms with Gasteiger partial charge in [-0.05, 0) is 32.8 Å². The van der Waals surface area contributed by atoms with Gasteiger partial charge in [-0.15, -0.1) is 0 Å². The summed E-state index contributed by atoms with van der Waals surface area (Å²) in [6, 6.07) is 4.88. The Hall–Kier alpha value is -2.92. The van der Waals surface area contributed by atoms with E-state index < -0.39 is 39.3 Å². The van der Waals surface area contributed by atoms with Crippen molar-refractivity contribution in [2.75, 3.05) is 23.4 Å². The molecule has 36 heavy (non-hydrogen) atoms. The van der Waals surface area contributed by atoms with Crippen LogP contribution in [-0.2, 0) is 21.9 Å². The molecular formula is C25H26F3N3O4S. The number of alkyl halides is 2. The van der Waals surface area contributed by atoms with Gasteiger partial charge in [-0.1, -0.05) is 18.2 Å². The average Bonchev–Trinajstić information content (AvgIpc) is 3.31. The first kappa shape index (κ1) is 24.8. The normalized spacial score (nSPS) is 19.2. The van der Waals surface area contributed by atoms with Crippen LogP contribution < -0.4 is 10.1 Å². The van der Waals surface area contributed by atoms with Gasteiger partial charge >= 0.3 is 0 Å². The van der Waals surface area contributed by atoms with Gasteiger partial charge in [-0.25, -0.2) is 31.6 Å². The van der Waals surface area contributed by atoms with E-state index in [2.05, 4.69) is 15.3 Å². The number of hydrogen-bond donors (Lipinski definition) is 2. The van der Waals surface area contributed by atoms with Crippen LogP contribution in [0.25, 0.3) is 10.9 Å². The Morgan fingerprint density at radius 3 is 2.56 bits per heavy atom. The van der Waals surface area contributed by atoms with Crippen LogP contribution in [0, 0.1) is 12.7 Å². The van der Waals surface area contributed by atoms with Crippen LogP contribution in [-0.4, -0.2) is 41.6 Å². The van der Waals surface area contributed by atoms with Crippen molar-refractivity contribution in [1.82, 2.24) is 9.97 Å². The molecule has 1 fully saturated rings. The first-order valence-corrected chi connectivity index (χ1v) is 13.5. The smallest absolute Gasteiger partial charge is 0.266 e. The highest BCUT2D eigenvalue weighted by Gasteiger charge is 2.41. The molecule has 7 nitrogen and oxygen atoms in total. The molecule has 0 unspecified atom stereocenters. The summed E-state index contributed by atoms with van der Waals surface area (Å²) in [6.45, 7) is 3.75. The third-order valence-corrected chi connectivity index (χ3v) is 8.67. The number of halogens is 3. The Kier molecular flexibility index (Phi) is 6.11. The molecule has 2 aromatic carbocycles. The van der Waals surface area contributed by atoms with Gasteiger partial charge in [0, 0.05) is 28.5 Å². The zero-order valence-electron chi connectivity index (χ0n) is 19.8. The summed E-state index contributed by atoms with van der Waals surface area (Å²) in [5, 5.41) is 15.2. The Morgan fingerprint density at radius 1 is 1.17 bits per heavy atom. The minimum absolute atomic E-state index is 0.0359. The van der Waals surface area contributed by atoms with Crippen molar-refractivity contribution in [2.24, 2.45) is 0 Å². The predicted octanol–water partition coefficient (Wildman–Crippen LogP) is 4.52. The van der Waals surface area contributed by atoms with Crippen molar-refractivity contribution in [3.05, 3.63) is 58.2 Å². The Balaban J connectivity index is 1.62. The van der Waals surface area contributed by atoms with E-state index in [1.807, 2.05) is 0 Å². The molecule has 1 saturated heterocycles. The van der Waals surface area contributed by atoms with E-state index in [0.29, 0.717) is 46.9 Å². The molecule has 0 bridgehead atoms. The summed E-state index contributed by atoms with van der Waals surface area (Å²) in [5.74, 6) is 0.0658. The molecule has 3 heterocycles. The van der Waals surface area contributed by atoms with E-state index in [1.165, 1.54) is 12.1 Å². The second-order valence-electron chi connectivity index (χ2n) is 9.45. The lowest BCUT2D eigenvalue weighted by Gasteiger charge is -2.33. The molecule has 2 N–H and O–H groups in total. The van der Waals surface area contributed by atoms with Crippen LogP contribution >= 0.6 is 0 Å². The lowest BCUT2D eigenvalue weighted by molar-refractivity contribution is 0.0241. The minimum Gasteiger partial charge on any atom is -0.492 e. The zero-order valence-corrected chi connectivity index (χ0v) is 20.6. The highest BCUT2D eigenvalue weighted by atomic mass is 32.2. The average molecular weight is 522 g/mol. The molecule has 11 heteroatoms. The molecule has 0 amide bonds. The van der Waals surface area contributed by atoms with Crippen molar-refractivity contribution in [2.45, 2.75) is 51.2 Å². The number of hydrogen-bond acceptors (Lipinski definition) is 7. The molecule has 0 spiro atoms. The summed E-state index contributed by atoms with van der Waals surface area (Å²) >= 11 is 0. The third-order valence-electron chi connectivity index (χ3n) is 7.02. The number of nitrogens with one attached hydrogen (secondary N) is 1. The largest absolute Gasteiger partial charge is 0.492 e. The molecular weight excluding hydrogens is 495 g/mol. The Labute approximate surface area is 206 Å². The lowest BCUT2D eigenvalue weighted by Crippen LogP contribution is -2.37. The van der Waals surface area contributed by atoms with E-state index in [4.69, 9.17) is 4.74 Å². The molecule has 2 aliphatic rings. The molecule has 192 valence electrons. The van der Waals surface area contributed by atoms with Gasteiger partial charge < -0.3 is 15.2 Å². The highest BCUT2D eigenvalue weighted by molar-refractivity contribution is 7.91. The van der Waals surface area contributed by atoms with E-state index >= 15 is 0 Å². The number of sulfone groups is 1. The van der Waals surface area contributed by atoms with Gasteiger partial charge in [-0.2, -0.15) is 0 Å². The number of ether oxygens (including phenoxy) is 1. The zero-order chi connectivity index (χ0) is 25.8. The van der Waals surface area contributed by atoms with Crippen molar-refractivity contribution in [1.29, 1.82) is 0 Å². The monoisotopic (exact) mass is 521 g/mol. The topological polar surface area (TPSA) is 101 Å². The number of aryl methyl sites for hydroxylation is 1. The van der Waals surface area contributed by atoms with Crippen molar-refractivity contribution < 1.29 is 31.4 Å². The second-order valence-corrected chi connectivity index (χ2v) is 11.8. The maximum atomic E-state index is 14.8.